The van der Waals surface area contributed by atoms with Gasteiger partial charge in [0.25, 0.3) is 11.1 Å². The van der Waals surface area contributed by atoms with Crippen LogP contribution in [0.25, 0.3) is 22.2 Å². The number of aryl methyl sites for hydroxylation is 3. The molecule has 266 valence electrons. The van der Waals surface area contributed by atoms with Gasteiger partial charge in [-0.2, -0.15) is 0 Å². The standard InChI is InChI=1S/C14H16N2O6.C11H12N2O5.C3H5BrO2.CH3F.Na.H/c1-4-8-6-9(17)22-13-11(8)12(19)16(7-10(18)21-3)14(20)15(13)5-2;1-3-6-4-7(14)18-10-8(6)9(15)12-11(16)13(10)5-17-2;1-6-3(5)2-4;1-2;;/h6H,4-5,7H2,1-3H3;4H,3,5H2,1-2H3,(H,12,15,16);2H2,1H3;1H3;;/q;;;;+1;-1/i;;;1D;;. The summed E-state index contributed by atoms with van der Waals surface area (Å²) in [5.74, 6) is -0.952. The maximum atomic E-state index is 12.5. The summed E-state index contributed by atoms with van der Waals surface area (Å²) in [5, 5.41) is 0.616. The SMILES string of the molecule is CCc1cc(=O)oc2c1c(=O)[nH]c(=O)n2COC.CCc1cc(=O)oc2c1c(=O)n(CC(=O)OC)c(=O)n2CC.COC(=O)CBr.[2H]CF.[H-].[Na+]. The summed E-state index contributed by atoms with van der Waals surface area (Å²) in [7, 11) is 2.91. The summed E-state index contributed by atoms with van der Waals surface area (Å²) in [6.07, 6.45) is 0.897. The van der Waals surface area contributed by atoms with Gasteiger partial charge in [-0.1, -0.05) is 29.8 Å². The molecule has 0 atom stereocenters. The molecule has 0 aliphatic heterocycles. The summed E-state index contributed by atoms with van der Waals surface area (Å²) < 4.78 is 42.1. The van der Waals surface area contributed by atoms with Crippen LogP contribution in [0.4, 0.5) is 4.39 Å². The minimum absolute atomic E-state index is 0. The molecule has 0 saturated carbocycles. The van der Waals surface area contributed by atoms with E-state index < -0.39 is 53.4 Å². The molecule has 0 fully saturated rings. The van der Waals surface area contributed by atoms with Gasteiger partial charge in [0.1, 0.15) is 29.4 Å². The van der Waals surface area contributed by atoms with Gasteiger partial charge in [-0.05, 0) is 30.9 Å². The van der Waals surface area contributed by atoms with E-state index in [9.17, 15) is 42.7 Å². The predicted molar refractivity (Wildman–Crippen MR) is 176 cm³/mol. The van der Waals surface area contributed by atoms with Crippen molar-refractivity contribution >= 4 is 50.1 Å². The Hall–Kier alpha value is -3.91. The Morgan fingerprint density at radius 2 is 1.37 bits per heavy atom. The first kappa shape index (κ1) is 43.1. The summed E-state index contributed by atoms with van der Waals surface area (Å²) in [4.78, 5) is 94.8. The molecule has 0 radical (unpaired) electrons. The minimum atomic E-state index is -1.00. The molecule has 20 heteroatoms. The fraction of sp³-hybridized carbons (Fsp3) is 0.448. The molecule has 0 aliphatic rings. The number of alkyl halides is 2. The van der Waals surface area contributed by atoms with Crippen LogP contribution in [-0.2, 0) is 56.5 Å². The first-order valence-electron chi connectivity index (χ1n) is 14.6. The molecular formula is C29H37BrFN4NaO13. The van der Waals surface area contributed by atoms with Crippen LogP contribution in [0.3, 0.4) is 0 Å². The molecule has 4 aromatic heterocycles. The number of esters is 2. The van der Waals surface area contributed by atoms with Gasteiger partial charge in [-0.25, -0.2) is 28.3 Å². The van der Waals surface area contributed by atoms with Crippen LogP contribution in [0.2, 0.25) is 0 Å². The van der Waals surface area contributed by atoms with Gasteiger partial charge < -0.3 is 24.5 Å². The van der Waals surface area contributed by atoms with Crippen molar-refractivity contribution in [2.75, 3.05) is 33.8 Å². The first-order chi connectivity index (χ1) is 23.2. The van der Waals surface area contributed by atoms with Crippen LogP contribution in [0, 0.1) is 0 Å². The number of H-pyrrole nitrogens is 1. The number of hydrogen-bond donors (Lipinski definition) is 1. The zero-order valence-electron chi connectivity index (χ0n) is 30.0. The van der Waals surface area contributed by atoms with Gasteiger partial charge in [0.2, 0.25) is 11.4 Å². The van der Waals surface area contributed by atoms with E-state index in [2.05, 4.69) is 30.4 Å². The zero-order chi connectivity index (χ0) is 37.4. The van der Waals surface area contributed by atoms with E-state index in [1.807, 2.05) is 0 Å². The maximum absolute atomic E-state index is 12.5. The van der Waals surface area contributed by atoms with Crippen LogP contribution in [0.15, 0.2) is 49.7 Å². The van der Waals surface area contributed by atoms with E-state index in [4.69, 9.17) is 14.9 Å². The zero-order valence-corrected chi connectivity index (χ0v) is 31.6. The fourth-order valence-corrected chi connectivity index (χ4v) is 4.38. The van der Waals surface area contributed by atoms with Gasteiger partial charge in [-0.15, -0.1) is 0 Å². The minimum Gasteiger partial charge on any atom is -1.00 e. The van der Waals surface area contributed by atoms with Crippen LogP contribution >= 0.6 is 15.9 Å². The predicted octanol–water partition coefficient (Wildman–Crippen LogP) is -2.06. The van der Waals surface area contributed by atoms with Crippen LogP contribution < -0.4 is 63.3 Å². The maximum Gasteiger partial charge on any atom is 1.00 e. The Balaban J connectivity index is 0. The second kappa shape index (κ2) is 21.9. The van der Waals surface area contributed by atoms with Crippen molar-refractivity contribution < 1.29 is 69.4 Å². The van der Waals surface area contributed by atoms with Gasteiger partial charge >= 0.3 is 64.1 Å². The number of carbonyl (C=O) groups excluding carboxylic acids is 2. The van der Waals surface area contributed by atoms with E-state index >= 15 is 0 Å². The molecule has 4 rings (SSSR count). The summed E-state index contributed by atoms with van der Waals surface area (Å²) in [5.41, 5.74) is -2.99. The Bertz CT molecular complexity index is 2120. The molecule has 0 amide bonds. The average Bonchev–Trinajstić information content (AvgIpc) is 3.08. The Morgan fingerprint density at radius 3 is 1.78 bits per heavy atom. The van der Waals surface area contributed by atoms with E-state index in [1.165, 1.54) is 33.5 Å². The number of rotatable bonds is 8. The number of carbonyl (C=O) groups is 2. The monoisotopic (exact) mass is 771 g/mol. The number of aromatic nitrogens is 4. The molecule has 4 heterocycles. The van der Waals surface area contributed by atoms with Crippen molar-refractivity contribution in [3.63, 3.8) is 0 Å². The second-order valence-corrected chi connectivity index (χ2v) is 9.62. The van der Waals surface area contributed by atoms with E-state index in [0.717, 1.165) is 13.7 Å². The van der Waals surface area contributed by atoms with Gasteiger partial charge in [0.15, 0.2) is 0 Å². The van der Waals surface area contributed by atoms with Gasteiger partial charge in [0, 0.05) is 25.8 Å². The van der Waals surface area contributed by atoms with Crippen molar-refractivity contribution in [1.82, 2.24) is 18.7 Å². The normalized spacial score (nSPS) is 10.2. The molecule has 0 aliphatic carbocycles. The molecule has 0 bridgehead atoms. The smallest absolute Gasteiger partial charge is 1.00 e. The van der Waals surface area contributed by atoms with Gasteiger partial charge in [0.05, 0.1) is 22.7 Å². The fourth-order valence-electron chi connectivity index (χ4n) is 4.15. The summed E-state index contributed by atoms with van der Waals surface area (Å²) in [6.45, 7) is 4.84. The van der Waals surface area contributed by atoms with Crippen LogP contribution in [0.5, 0.6) is 0 Å². The molecular weight excluding hydrogens is 734 g/mol. The number of methoxy groups -OCH3 is 3. The van der Waals surface area contributed by atoms with Crippen molar-refractivity contribution in [3.8, 4) is 0 Å². The third-order valence-corrected chi connectivity index (χ3v) is 6.80. The van der Waals surface area contributed by atoms with E-state index in [1.54, 1.807) is 20.8 Å². The number of fused-ring (bicyclic) bond motifs is 2. The number of nitrogens with one attached hydrogen (secondary N) is 1. The molecule has 49 heavy (non-hydrogen) atoms. The molecule has 17 nitrogen and oxygen atoms in total. The van der Waals surface area contributed by atoms with Crippen molar-refractivity contribution in [2.45, 2.75) is 53.4 Å². The number of halogens is 2. The first-order valence-corrected chi connectivity index (χ1v) is 15.0. The third-order valence-electron chi connectivity index (χ3n) is 6.34. The van der Waals surface area contributed by atoms with Crippen molar-refractivity contribution in [2.24, 2.45) is 0 Å². The quantitative estimate of drug-likeness (QED) is 0.116. The molecule has 1 N–H and O–H groups in total. The second-order valence-electron chi connectivity index (χ2n) is 9.06. The topological polar surface area (TPSA) is 221 Å². The Morgan fingerprint density at radius 1 is 0.878 bits per heavy atom. The molecule has 0 unspecified atom stereocenters. The number of aromatic amines is 1. The van der Waals surface area contributed by atoms with Crippen molar-refractivity contribution in [3.05, 3.63) is 85.8 Å². The Kier molecular flexibility index (Phi) is 19.3. The molecule has 0 saturated heterocycles. The van der Waals surface area contributed by atoms with Crippen LogP contribution in [-0.4, -0.2) is 64.4 Å². The average molecular weight is 773 g/mol. The third kappa shape index (κ3) is 11.3. The van der Waals surface area contributed by atoms with Gasteiger partial charge in [-0.3, -0.25) is 33.1 Å². The number of ether oxygens (including phenoxy) is 3. The van der Waals surface area contributed by atoms with Crippen LogP contribution in [0.1, 0.15) is 34.7 Å². The summed E-state index contributed by atoms with van der Waals surface area (Å²) in [6, 6.07) is 2.47. The van der Waals surface area contributed by atoms with E-state index in [-0.39, 0.29) is 77.8 Å². The van der Waals surface area contributed by atoms with Crippen molar-refractivity contribution in [1.29, 1.82) is 0 Å². The molecule has 4 aromatic rings. The number of nitrogens with zero attached hydrogens (tertiary/aromatic N) is 3. The largest absolute Gasteiger partial charge is 1.00 e. The Labute approximate surface area is 309 Å². The van der Waals surface area contributed by atoms with E-state index in [0.29, 0.717) is 24.0 Å². The molecule has 0 spiro atoms. The molecule has 0 aromatic carbocycles. The summed E-state index contributed by atoms with van der Waals surface area (Å²) >= 11 is 2.90. The number of hydrogen-bond acceptors (Lipinski definition) is 13.